The van der Waals surface area contributed by atoms with Gasteiger partial charge >= 0.3 is 5.97 Å². The predicted molar refractivity (Wildman–Crippen MR) is 74.3 cm³/mol. The summed E-state index contributed by atoms with van der Waals surface area (Å²) in [6.07, 6.45) is 0. The summed E-state index contributed by atoms with van der Waals surface area (Å²) in [6, 6.07) is 7.09. The molecule has 2 rings (SSSR count). The van der Waals surface area contributed by atoms with Crippen LogP contribution in [0.2, 0.25) is 0 Å². The van der Waals surface area contributed by atoms with Gasteiger partial charge in [0, 0.05) is 11.7 Å². The van der Waals surface area contributed by atoms with Gasteiger partial charge in [0.15, 0.2) is 9.84 Å². The fourth-order valence-corrected chi connectivity index (χ4v) is 4.93. The first kappa shape index (κ1) is 15.0. The van der Waals surface area contributed by atoms with Crippen molar-refractivity contribution >= 4 is 15.8 Å². The molecule has 0 amide bonds. The lowest BCUT2D eigenvalue weighted by Crippen LogP contribution is -2.28. The molecule has 0 spiro atoms. The predicted octanol–water partition coefficient (Wildman–Crippen LogP) is 0.959. The summed E-state index contributed by atoms with van der Waals surface area (Å²) in [6.45, 7) is 2.71. The van der Waals surface area contributed by atoms with Crippen molar-refractivity contribution in [1.29, 1.82) is 0 Å². The van der Waals surface area contributed by atoms with Crippen molar-refractivity contribution in [2.24, 2.45) is 5.41 Å². The summed E-state index contributed by atoms with van der Waals surface area (Å²) < 4.78 is 24.2. The molecule has 0 bridgehead atoms. The number of rotatable bonds is 5. The largest absolute Gasteiger partial charge is 0.481 e. The van der Waals surface area contributed by atoms with E-state index in [9.17, 15) is 23.4 Å². The molecule has 0 heterocycles. The van der Waals surface area contributed by atoms with Crippen LogP contribution >= 0.6 is 0 Å². The number of aliphatic carboxylic acids is 1. The monoisotopic (exact) mass is 298 g/mol. The molecular formula is C14H18O5S. The maximum atomic E-state index is 12.1. The molecule has 1 fully saturated rings. The molecule has 3 atom stereocenters. The van der Waals surface area contributed by atoms with E-state index in [0.717, 1.165) is 5.56 Å². The van der Waals surface area contributed by atoms with Gasteiger partial charge in [-0.05, 0) is 12.5 Å². The Labute approximate surface area is 118 Å². The van der Waals surface area contributed by atoms with Gasteiger partial charge < -0.3 is 10.2 Å². The Morgan fingerprint density at radius 2 is 1.85 bits per heavy atom. The average Bonchev–Trinajstić information content (AvgIpc) is 3.11. The molecule has 1 aromatic carbocycles. The Hall–Kier alpha value is -1.40. The zero-order valence-electron chi connectivity index (χ0n) is 11.4. The second kappa shape index (κ2) is 4.86. The van der Waals surface area contributed by atoms with Gasteiger partial charge in [-0.2, -0.15) is 0 Å². The highest BCUT2D eigenvalue weighted by molar-refractivity contribution is 7.92. The second-order valence-corrected chi connectivity index (χ2v) is 7.68. The van der Waals surface area contributed by atoms with Gasteiger partial charge in [-0.25, -0.2) is 8.42 Å². The molecule has 1 saturated carbocycles. The Kier molecular flexibility index (Phi) is 3.64. The molecule has 0 aromatic heterocycles. The molecule has 2 N–H and O–H groups in total. The van der Waals surface area contributed by atoms with Crippen LogP contribution in [0, 0.1) is 12.3 Å². The number of sulfone groups is 1. The van der Waals surface area contributed by atoms with Crippen LogP contribution in [0.1, 0.15) is 24.0 Å². The molecule has 5 nitrogen and oxygen atoms in total. The number of aliphatic hydroxyl groups is 1. The van der Waals surface area contributed by atoms with E-state index < -0.39 is 39.0 Å². The lowest BCUT2D eigenvalue weighted by molar-refractivity contribution is -0.145. The first-order valence-electron chi connectivity index (χ1n) is 6.43. The number of benzene rings is 1. The molecule has 1 aromatic rings. The van der Waals surface area contributed by atoms with Crippen LogP contribution in [0.25, 0.3) is 0 Å². The fourth-order valence-electron chi connectivity index (χ4n) is 2.87. The minimum absolute atomic E-state index is 0.130. The van der Waals surface area contributed by atoms with Gasteiger partial charge in [0.05, 0.1) is 11.9 Å². The molecule has 20 heavy (non-hydrogen) atoms. The Morgan fingerprint density at radius 1 is 1.30 bits per heavy atom. The fraction of sp³-hybridized carbons (Fsp3) is 0.500. The Morgan fingerprint density at radius 3 is 2.25 bits per heavy atom. The lowest BCUT2D eigenvalue weighted by atomic mass is 9.99. The molecular weight excluding hydrogens is 280 g/mol. The third kappa shape index (κ3) is 2.03. The third-order valence-electron chi connectivity index (χ3n) is 4.14. The van der Waals surface area contributed by atoms with E-state index in [2.05, 4.69) is 0 Å². The van der Waals surface area contributed by atoms with E-state index in [1.54, 1.807) is 12.1 Å². The number of hydrogen-bond acceptors (Lipinski definition) is 4. The number of aryl methyl sites for hydroxylation is 1. The zero-order chi connectivity index (χ0) is 15.1. The highest BCUT2D eigenvalue weighted by atomic mass is 32.2. The zero-order valence-corrected chi connectivity index (χ0v) is 12.2. The smallest absolute Gasteiger partial charge is 0.314 e. The molecule has 0 saturated heterocycles. The number of hydrogen-bond donors (Lipinski definition) is 2. The first-order chi connectivity index (χ1) is 9.31. The van der Waals surface area contributed by atoms with E-state index in [-0.39, 0.29) is 5.75 Å². The van der Waals surface area contributed by atoms with Crippen molar-refractivity contribution in [3.05, 3.63) is 35.4 Å². The van der Waals surface area contributed by atoms with E-state index in [1.165, 1.54) is 6.92 Å². The highest BCUT2D eigenvalue weighted by Crippen LogP contribution is 2.63. The molecule has 1 aliphatic carbocycles. The first-order valence-corrected chi connectivity index (χ1v) is 8.15. The van der Waals surface area contributed by atoms with E-state index >= 15 is 0 Å². The van der Waals surface area contributed by atoms with Crippen LogP contribution < -0.4 is 0 Å². The van der Waals surface area contributed by atoms with Crippen molar-refractivity contribution in [3.8, 4) is 0 Å². The van der Waals surface area contributed by atoms with Crippen molar-refractivity contribution in [3.63, 3.8) is 0 Å². The quantitative estimate of drug-likeness (QED) is 0.844. The maximum Gasteiger partial charge on any atom is 0.314 e. The SMILES string of the molecule is CCS(=O)(=O)[C@@H]1[C@H](c2ccc(C)cc2)[C@]1(CO)C(=O)O. The van der Waals surface area contributed by atoms with Gasteiger partial charge in [-0.1, -0.05) is 36.8 Å². The van der Waals surface area contributed by atoms with Gasteiger partial charge in [-0.15, -0.1) is 0 Å². The van der Waals surface area contributed by atoms with Crippen LogP contribution in [-0.2, 0) is 14.6 Å². The van der Waals surface area contributed by atoms with Crippen molar-refractivity contribution in [2.75, 3.05) is 12.4 Å². The molecule has 6 heteroatoms. The minimum atomic E-state index is -3.54. The number of carboxylic acid groups (broad SMARTS) is 1. The number of aliphatic hydroxyl groups excluding tert-OH is 1. The Bertz CT molecular complexity index is 619. The second-order valence-electron chi connectivity index (χ2n) is 5.26. The van der Waals surface area contributed by atoms with Crippen LogP contribution in [0.15, 0.2) is 24.3 Å². The molecule has 1 aliphatic rings. The summed E-state index contributed by atoms with van der Waals surface area (Å²) in [7, 11) is -3.54. The topological polar surface area (TPSA) is 91.7 Å². The van der Waals surface area contributed by atoms with E-state index in [4.69, 9.17) is 0 Å². The van der Waals surface area contributed by atoms with Gasteiger partial charge in [0.25, 0.3) is 0 Å². The van der Waals surface area contributed by atoms with Gasteiger partial charge in [-0.3, -0.25) is 4.79 Å². The summed E-state index contributed by atoms with van der Waals surface area (Å²) in [5.74, 6) is -2.07. The molecule has 0 aliphatic heterocycles. The summed E-state index contributed by atoms with van der Waals surface area (Å²) >= 11 is 0. The lowest BCUT2D eigenvalue weighted by Gasteiger charge is -2.08. The van der Waals surface area contributed by atoms with Crippen LogP contribution in [0.4, 0.5) is 0 Å². The number of carboxylic acids is 1. The van der Waals surface area contributed by atoms with Gasteiger partial charge in [0.2, 0.25) is 0 Å². The third-order valence-corrected chi connectivity index (χ3v) is 6.41. The van der Waals surface area contributed by atoms with Crippen molar-refractivity contribution in [2.45, 2.75) is 25.0 Å². The molecule has 110 valence electrons. The molecule has 0 unspecified atom stereocenters. The average molecular weight is 298 g/mol. The standard InChI is InChI=1S/C14H18O5S/c1-3-20(18,19)12-11(14(12,8-15)13(16)17)10-6-4-9(2)5-7-10/h4-7,11-12,15H,3,8H2,1-2H3,(H,16,17)/t11-,12+,14-/m0/s1. The normalized spacial score (nSPS) is 29.1. The summed E-state index contributed by atoms with van der Waals surface area (Å²) in [4.78, 5) is 11.5. The highest BCUT2D eigenvalue weighted by Gasteiger charge is 2.75. The maximum absolute atomic E-state index is 12.1. The number of carbonyl (C=O) groups is 1. The van der Waals surface area contributed by atoms with Crippen molar-refractivity contribution in [1.82, 2.24) is 0 Å². The Balaban J connectivity index is 2.50. The van der Waals surface area contributed by atoms with Gasteiger partial charge in [0.1, 0.15) is 5.41 Å². The van der Waals surface area contributed by atoms with E-state index in [0.29, 0.717) is 5.56 Å². The van der Waals surface area contributed by atoms with E-state index in [1.807, 2.05) is 19.1 Å². The molecule has 0 radical (unpaired) electrons. The summed E-state index contributed by atoms with van der Waals surface area (Å²) in [5, 5.41) is 17.8. The summed E-state index contributed by atoms with van der Waals surface area (Å²) in [5.41, 5.74) is 0.0488. The van der Waals surface area contributed by atoms with Crippen molar-refractivity contribution < 1.29 is 23.4 Å². The van der Waals surface area contributed by atoms with Crippen LogP contribution in [-0.4, -0.2) is 42.2 Å². The van der Waals surface area contributed by atoms with Crippen LogP contribution in [0.3, 0.4) is 0 Å². The minimum Gasteiger partial charge on any atom is -0.481 e. The van der Waals surface area contributed by atoms with Crippen LogP contribution in [0.5, 0.6) is 0 Å².